The van der Waals surface area contributed by atoms with Crippen LogP contribution in [0.15, 0.2) is 72.8 Å². The van der Waals surface area contributed by atoms with E-state index in [1.165, 1.54) is 4.90 Å². The molecule has 1 amide bonds. The molecular weight excluding hydrogens is 442 g/mol. The lowest BCUT2D eigenvalue weighted by Crippen LogP contribution is -2.29. The summed E-state index contributed by atoms with van der Waals surface area (Å²) in [6.45, 7) is 8.75. The van der Waals surface area contributed by atoms with Gasteiger partial charge >= 0.3 is 0 Å². The summed E-state index contributed by atoms with van der Waals surface area (Å²) in [6.07, 6.45) is 6.54. The van der Waals surface area contributed by atoms with Gasteiger partial charge in [0.2, 0.25) is 0 Å². The van der Waals surface area contributed by atoms with Crippen molar-refractivity contribution >= 4 is 17.4 Å². The molecule has 1 aliphatic heterocycles. The summed E-state index contributed by atoms with van der Waals surface area (Å²) in [5.74, 6) is -0.908. The maximum Gasteiger partial charge on any atom is 0.295 e. The standard InChI is InChI=1S/C28H29N3O4/c1-5-35-22-11-10-19(14-21(22)28(2,3)4)25(32)23-24(20-9-7-13-30-16-20)31(27(34)26(23)33)17-18-8-6-12-29-15-18/h6-16,24,32H,5,17H2,1-4H3/b25-23-. The number of ether oxygens (including phenoxy) is 1. The van der Waals surface area contributed by atoms with Crippen LogP contribution in [0.25, 0.3) is 5.76 Å². The molecule has 0 saturated carbocycles. The van der Waals surface area contributed by atoms with Crippen LogP contribution in [0.3, 0.4) is 0 Å². The highest BCUT2D eigenvalue weighted by atomic mass is 16.5. The first kappa shape index (κ1) is 24.1. The number of aliphatic hydroxyl groups excluding tert-OH is 1. The largest absolute Gasteiger partial charge is 0.507 e. The first-order valence-electron chi connectivity index (χ1n) is 11.6. The second-order valence-electron chi connectivity index (χ2n) is 9.47. The number of aromatic nitrogens is 2. The SMILES string of the molecule is CCOc1ccc(/C(O)=C2/C(=O)C(=O)N(Cc3cccnc3)C2c2cccnc2)cc1C(C)(C)C. The number of aliphatic hydroxyl groups is 1. The number of carbonyl (C=O) groups is 2. The molecule has 35 heavy (non-hydrogen) atoms. The lowest BCUT2D eigenvalue weighted by atomic mass is 9.84. The predicted octanol–water partition coefficient (Wildman–Crippen LogP) is 4.79. The number of ketones is 1. The Kier molecular flexibility index (Phi) is 6.69. The van der Waals surface area contributed by atoms with Gasteiger partial charge in [-0.15, -0.1) is 0 Å². The van der Waals surface area contributed by atoms with E-state index in [0.29, 0.717) is 17.7 Å². The summed E-state index contributed by atoms with van der Waals surface area (Å²) in [5, 5.41) is 11.4. The van der Waals surface area contributed by atoms with Crippen LogP contribution in [0.5, 0.6) is 5.75 Å². The van der Waals surface area contributed by atoms with Crippen LogP contribution >= 0.6 is 0 Å². The van der Waals surface area contributed by atoms with Crippen molar-refractivity contribution in [3.63, 3.8) is 0 Å². The number of pyridine rings is 2. The highest BCUT2D eigenvalue weighted by molar-refractivity contribution is 6.46. The molecule has 2 aromatic heterocycles. The van der Waals surface area contributed by atoms with Crippen molar-refractivity contribution in [1.29, 1.82) is 0 Å². The number of carbonyl (C=O) groups excluding carboxylic acids is 2. The molecule has 1 unspecified atom stereocenters. The van der Waals surface area contributed by atoms with E-state index in [-0.39, 0.29) is 23.3 Å². The van der Waals surface area contributed by atoms with Gasteiger partial charge in [0.1, 0.15) is 11.5 Å². The third-order valence-electron chi connectivity index (χ3n) is 5.98. The molecule has 1 atom stereocenters. The Labute approximate surface area is 205 Å². The summed E-state index contributed by atoms with van der Waals surface area (Å²) >= 11 is 0. The fourth-order valence-corrected chi connectivity index (χ4v) is 4.32. The van der Waals surface area contributed by atoms with Crippen molar-refractivity contribution in [1.82, 2.24) is 14.9 Å². The van der Waals surface area contributed by atoms with Gasteiger partial charge in [-0.05, 0) is 53.8 Å². The number of hydrogen-bond acceptors (Lipinski definition) is 6. The number of amides is 1. The van der Waals surface area contributed by atoms with Crippen LogP contribution in [-0.4, -0.2) is 38.3 Å². The van der Waals surface area contributed by atoms with Gasteiger partial charge in [-0.1, -0.05) is 32.9 Å². The van der Waals surface area contributed by atoms with Gasteiger partial charge in [0, 0.05) is 42.5 Å². The average Bonchev–Trinajstić information content (AvgIpc) is 3.09. The molecule has 1 fully saturated rings. The van der Waals surface area contributed by atoms with Crippen molar-refractivity contribution in [2.45, 2.75) is 45.7 Å². The lowest BCUT2D eigenvalue weighted by molar-refractivity contribution is -0.140. The Bertz CT molecular complexity index is 1260. The van der Waals surface area contributed by atoms with E-state index in [0.717, 1.165) is 16.9 Å². The molecule has 3 aromatic rings. The first-order valence-corrected chi connectivity index (χ1v) is 11.6. The minimum Gasteiger partial charge on any atom is -0.507 e. The molecule has 1 saturated heterocycles. The topological polar surface area (TPSA) is 92.6 Å². The fraction of sp³-hybridized carbons (Fsp3) is 0.286. The highest BCUT2D eigenvalue weighted by Crippen LogP contribution is 2.41. The second kappa shape index (κ2) is 9.70. The van der Waals surface area contributed by atoms with Gasteiger partial charge in [0.05, 0.1) is 18.2 Å². The van der Waals surface area contributed by atoms with Crippen LogP contribution in [0, 0.1) is 0 Å². The maximum atomic E-state index is 13.3. The molecule has 0 radical (unpaired) electrons. The molecule has 1 N–H and O–H groups in total. The van der Waals surface area contributed by atoms with Crippen molar-refractivity contribution in [3.8, 4) is 5.75 Å². The Hall–Kier alpha value is -4.00. The van der Waals surface area contributed by atoms with Gasteiger partial charge < -0.3 is 14.7 Å². The number of likely N-dealkylation sites (tertiary alicyclic amines) is 1. The molecule has 7 heteroatoms. The van der Waals surface area contributed by atoms with Crippen LogP contribution in [-0.2, 0) is 21.5 Å². The third kappa shape index (κ3) is 4.80. The number of rotatable bonds is 6. The van der Waals surface area contributed by atoms with Crippen LogP contribution < -0.4 is 4.74 Å². The molecule has 1 aromatic carbocycles. The quantitative estimate of drug-likeness (QED) is 0.316. The van der Waals surface area contributed by atoms with E-state index >= 15 is 0 Å². The van der Waals surface area contributed by atoms with Crippen molar-refractivity contribution in [3.05, 3.63) is 95.1 Å². The van der Waals surface area contributed by atoms with E-state index in [9.17, 15) is 14.7 Å². The minimum absolute atomic E-state index is 0.0379. The highest BCUT2D eigenvalue weighted by Gasteiger charge is 2.46. The lowest BCUT2D eigenvalue weighted by Gasteiger charge is -2.26. The Balaban J connectivity index is 1.87. The number of benzene rings is 1. The molecule has 0 spiro atoms. The average molecular weight is 472 g/mol. The minimum atomic E-state index is -0.784. The zero-order chi connectivity index (χ0) is 25.2. The molecule has 3 heterocycles. The van der Waals surface area contributed by atoms with Crippen LogP contribution in [0.2, 0.25) is 0 Å². The van der Waals surface area contributed by atoms with Gasteiger partial charge in [-0.2, -0.15) is 0 Å². The number of Topliss-reactive ketones (excluding diaryl/α,β-unsaturated/α-hetero) is 1. The van der Waals surface area contributed by atoms with E-state index in [2.05, 4.69) is 30.7 Å². The summed E-state index contributed by atoms with van der Waals surface area (Å²) in [5.41, 5.74) is 2.53. The first-order chi connectivity index (χ1) is 16.7. The van der Waals surface area contributed by atoms with Crippen LogP contribution in [0.1, 0.15) is 56.0 Å². The monoisotopic (exact) mass is 471 g/mol. The Morgan fingerprint density at radius 2 is 1.77 bits per heavy atom. The van der Waals surface area contributed by atoms with Gasteiger partial charge in [0.15, 0.2) is 0 Å². The van der Waals surface area contributed by atoms with E-state index in [4.69, 9.17) is 4.74 Å². The maximum absolute atomic E-state index is 13.3. The molecular formula is C28H29N3O4. The molecule has 4 rings (SSSR count). The van der Waals surface area contributed by atoms with Crippen molar-refractivity contribution in [2.75, 3.05) is 6.61 Å². The van der Waals surface area contributed by atoms with Crippen LogP contribution in [0.4, 0.5) is 0 Å². The molecule has 0 bridgehead atoms. The van der Waals surface area contributed by atoms with E-state index in [1.807, 2.05) is 19.1 Å². The Morgan fingerprint density at radius 3 is 2.37 bits per heavy atom. The van der Waals surface area contributed by atoms with Gasteiger partial charge in [-0.3, -0.25) is 19.6 Å². The zero-order valence-electron chi connectivity index (χ0n) is 20.4. The summed E-state index contributed by atoms with van der Waals surface area (Å²) in [7, 11) is 0. The smallest absolute Gasteiger partial charge is 0.295 e. The summed E-state index contributed by atoms with van der Waals surface area (Å²) < 4.78 is 5.79. The molecule has 0 aliphatic carbocycles. The van der Waals surface area contributed by atoms with Gasteiger partial charge in [-0.25, -0.2) is 0 Å². The normalized spacial score (nSPS) is 17.6. The van der Waals surface area contributed by atoms with Gasteiger partial charge in [0.25, 0.3) is 11.7 Å². The van der Waals surface area contributed by atoms with E-state index in [1.54, 1.807) is 55.1 Å². The molecule has 1 aliphatic rings. The zero-order valence-corrected chi connectivity index (χ0v) is 20.4. The van der Waals surface area contributed by atoms with Crippen molar-refractivity contribution < 1.29 is 19.4 Å². The number of hydrogen-bond donors (Lipinski definition) is 1. The third-order valence-corrected chi connectivity index (χ3v) is 5.98. The number of nitrogens with zero attached hydrogens (tertiary/aromatic N) is 3. The second-order valence-corrected chi connectivity index (χ2v) is 9.47. The van der Waals surface area contributed by atoms with Crippen molar-refractivity contribution in [2.24, 2.45) is 0 Å². The summed E-state index contributed by atoms with van der Waals surface area (Å²) in [6, 6.07) is 11.7. The molecule has 180 valence electrons. The fourth-order valence-electron chi connectivity index (χ4n) is 4.32. The predicted molar refractivity (Wildman–Crippen MR) is 133 cm³/mol. The summed E-state index contributed by atoms with van der Waals surface area (Å²) in [4.78, 5) is 36.2. The van der Waals surface area contributed by atoms with E-state index < -0.39 is 17.7 Å². The Morgan fingerprint density at radius 1 is 1.06 bits per heavy atom. The molecule has 7 nitrogen and oxygen atoms in total.